The Hall–Kier alpha value is -0.590. The molecule has 1 saturated heterocycles. The van der Waals surface area contributed by atoms with Crippen molar-refractivity contribution in [3.63, 3.8) is 0 Å². The third-order valence-electron chi connectivity index (χ3n) is 3.09. The number of nitrogens with one attached hydrogen (secondary N) is 1. The van der Waals surface area contributed by atoms with Crippen LogP contribution in [0.5, 0.6) is 0 Å². The molecule has 16 heavy (non-hydrogen) atoms. The summed E-state index contributed by atoms with van der Waals surface area (Å²) in [6.07, 6.45) is 1.21. The highest BCUT2D eigenvalue weighted by Gasteiger charge is 2.24. The standard InChI is InChI=1S/C10H17N5S/c1-14-5-3-11-8(7-14)9-12-10-15(13-9)4-2-6-16-10/h8,11H,2-7H2,1H3. The van der Waals surface area contributed by atoms with Gasteiger partial charge in [0.1, 0.15) is 0 Å². The largest absolute Gasteiger partial charge is 0.305 e. The van der Waals surface area contributed by atoms with Gasteiger partial charge in [-0.2, -0.15) is 5.10 Å². The molecule has 1 aromatic rings. The molecule has 88 valence electrons. The molecule has 1 N–H and O–H groups in total. The topological polar surface area (TPSA) is 46.0 Å². The van der Waals surface area contributed by atoms with Gasteiger partial charge in [-0.15, -0.1) is 0 Å². The molecule has 1 aromatic heterocycles. The van der Waals surface area contributed by atoms with Gasteiger partial charge in [0.25, 0.3) is 0 Å². The number of hydrogen-bond acceptors (Lipinski definition) is 5. The number of hydrogen-bond donors (Lipinski definition) is 1. The summed E-state index contributed by atoms with van der Waals surface area (Å²) in [6.45, 7) is 4.17. The minimum absolute atomic E-state index is 0.303. The fourth-order valence-electron chi connectivity index (χ4n) is 2.19. The Balaban J connectivity index is 1.80. The fourth-order valence-corrected chi connectivity index (χ4v) is 3.09. The van der Waals surface area contributed by atoms with Crippen LogP contribution >= 0.6 is 11.8 Å². The van der Waals surface area contributed by atoms with E-state index in [4.69, 9.17) is 0 Å². The molecule has 5 nitrogen and oxygen atoms in total. The molecule has 0 amide bonds. The lowest BCUT2D eigenvalue weighted by Gasteiger charge is -2.28. The monoisotopic (exact) mass is 239 g/mol. The first kappa shape index (κ1) is 10.6. The molecule has 1 fully saturated rings. The van der Waals surface area contributed by atoms with Crippen LogP contribution in [0.25, 0.3) is 0 Å². The molecule has 0 radical (unpaired) electrons. The van der Waals surface area contributed by atoms with Gasteiger partial charge in [-0.3, -0.25) is 0 Å². The first-order valence-corrected chi connectivity index (χ1v) is 6.81. The van der Waals surface area contributed by atoms with Gasteiger partial charge < -0.3 is 10.2 Å². The van der Waals surface area contributed by atoms with Crippen LogP contribution in [-0.2, 0) is 6.54 Å². The summed E-state index contributed by atoms with van der Waals surface area (Å²) in [7, 11) is 2.15. The Bertz CT molecular complexity index is 354. The third-order valence-corrected chi connectivity index (χ3v) is 4.14. The van der Waals surface area contributed by atoms with E-state index in [2.05, 4.69) is 32.0 Å². The quantitative estimate of drug-likeness (QED) is 0.766. The zero-order valence-electron chi connectivity index (χ0n) is 9.52. The summed E-state index contributed by atoms with van der Waals surface area (Å²) >= 11 is 1.82. The Kier molecular flexibility index (Phi) is 2.87. The lowest BCUT2D eigenvalue weighted by Crippen LogP contribution is -2.44. The third kappa shape index (κ3) is 1.97. The second-order valence-electron chi connectivity index (χ2n) is 4.45. The molecular formula is C10H17N5S. The Morgan fingerprint density at radius 1 is 1.44 bits per heavy atom. The van der Waals surface area contributed by atoms with E-state index in [-0.39, 0.29) is 0 Å². The van der Waals surface area contributed by atoms with Gasteiger partial charge in [-0.05, 0) is 13.5 Å². The number of thioether (sulfide) groups is 1. The molecule has 0 saturated carbocycles. The number of fused-ring (bicyclic) bond motifs is 1. The average Bonchev–Trinajstić information content (AvgIpc) is 2.72. The van der Waals surface area contributed by atoms with Crippen molar-refractivity contribution >= 4 is 11.8 Å². The molecule has 6 heteroatoms. The van der Waals surface area contributed by atoms with E-state index >= 15 is 0 Å². The van der Waals surface area contributed by atoms with Crippen molar-refractivity contribution in [1.29, 1.82) is 0 Å². The van der Waals surface area contributed by atoms with E-state index in [0.29, 0.717) is 6.04 Å². The Labute approximate surface area is 99.6 Å². The van der Waals surface area contributed by atoms with Crippen molar-refractivity contribution in [3.05, 3.63) is 5.82 Å². The van der Waals surface area contributed by atoms with Crippen LogP contribution in [-0.4, -0.2) is 52.1 Å². The molecule has 0 aromatic carbocycles. The molecule has 1 atom stereocenters. The number of nitrogens with zero attached hydrogens (tertiary/aromatic N) is 4. The molecule has 2 aliphatic rings. The zero-order valence-corrected chi connectivity index (χ0v) is 10.3. The summed E-state index contributed by atoms with van der Waals surface area (Å²) in [4.78, 5) is 6.96. The summed E-state index contributed by atoms with van der Waals surface area (Å²) < 4.78 is 2.06. The molecule has 3 rings (SSSR count). The molecule has 3 heterocycles. The summed E-state index contributed by atoms with van der Waals surface area (Å²) in [5.41, 5.74) is 0. The van der Waals surface area contributed by atoms with Crippen LogP contribution < -0.4 is 5.32 Å². The minimum atomic E-state index is 0.303. The number of aryl methyl sites for hydroxylation is 1. The van der Waals surface area contributed by atoms with E-state index < -0.39 is 0 Å². The van der Waals surface area contributed by atoms with Crippen LogP contribution in [0.4, 0.5) is 0 Å². The summed E-state index contributed by atoms with van der Waals surface area (Å²) in [5.74, 6) is 2.15. The minimum Gasteiger partial charge on any atom is -0.305 e. The van der Waals surface area contributed by atoms with Crippen LogP contribution in [0.2, 0.25) is 0 Å². The molecule has 0 bridgehead atoms. The van der Waals surface area contributed by atoms with Crippen molar-refractivity contribution in [2.24, 2.45) is 0 Å². The molecule has 2 aliphatic heterocycles. The van der Waals surface area contributed by atoms with Gasteiger partial charge in [0.2, 0.25) is 0 Å². The van der Waals surface area contributed by atoms with E-state index in [1.54, 1.807) is 0 Å². The maximum absolute atomic E-state index is 4.63. The van der Waals surface area contributed by atoms with Gasteiger partial charge in [0.15, 0.2) is 11.0 Å². The number of rotatable bonds is 1. The van der Waals surface area contributed by atoms with Gasteiger partial charge in [0.05, 0.1) is 6.04 Å². The Morgan fingerprint density at radius 3 is 3.19 bits per heavy atom. The predicted octanol–water partition coefficient (Wildman–Crippen LogP) is 0.350. The van der Waals surface area contributed by atoms with Crippen LogP contribution in [0, 0.1) is 0 Å². The van der Waals surface area contributed by atoms with E-state index in [1.165, 1.54) is 12.2 Å². The lowest BCUT2D eigenvalue weighted by molar-refractivity contribution is 0.235. The number of likely N-dealkylation sites (N-methyl/N-ethyl adjacent to an activating group) is 1. The maximum Gasteiger partial charge on any atom is 0.186 e. The lowest BCUT2D eigenvalue weighted by atomic mass is 10.2. The van der Waals surface area contributed by atoms with Crippen molar-refractivity contribution in [2.45, 2.75) is 24.2 Å². The van der Waals surface area contributed by atoms with Crippen molar-refractivity contribution < 1.29 is 0 Å². The normalized spacial score (nSPS) is 26.7. The first-order valence-electron chi connectivity index (χ1n) is 5.82. The molecule has 1 unspecified atom stereocenters. The highest BCUT2D eigenvalue weighted by molar-refractivity contribution is 7.99. The second-order valence-corrected chi connectivity index (χ2v) is 5.51. The van der Waals surface area contributed by atoms with Crippen molar-refractivity contribution in [2.75, 3.05) is 32.4 Å². The first-order chi connectivity index (χ1) is 7.83. The van der Waals surface area contributed by atoms with Gasteiger partial charge in [-0.1, -0.05) is 11.8 Å². The van der Waals surface area contributed by atoms with Gasteiger partial charge in [-0.25, -0.2) is 9.67 Å². The molecule has 0 aliphatic carbocycles. The van der Waals surface area contributed by atoms with Gasteiger partial charge >= 0.3 is 0 Å². The Morgan fingerprint density at radius 2 is 2.38 bits per heavy atom. The number of piperazine rings is 1. The highest BCUT2D eigenvalue weighted by atomic mass is 32.2. The maximum atomic E-state index is 4.63. The van der Waals surface area contributed by atoms with Crippen LogP contribution in [0.1, 0.15) is 18.3 Å². The van der Waals surface area contributed by atoms with Crippen LogP contribution in [0.15, 0.2) is 5.16 Å². The average molecular weight is 239 g/mol. The zero-order chi connectivity index (χ0) is 11.0. The van der Waals surface area contributed by atoms with Crippen LogP contribution in [0.3, 0.4) is 0 Å². The van der Waals surface area contributed by atoms with Crippen molar-refractivity contribution in [1.82, 2.24) is 25.0 Å². The van der Waals surface area contributed by atoms with Crippen molar-refractivity contribution in [3.8, 4) is 0 Å². The van der Waals surface area contributed by atoms with Gasteiger partial charge in [0, 0.05) is 31.9 Å². The van der Waals surface area contributed by atoms with E-state index in [1.807, 2.05) is 11.8 Å². The molecular weight excluding hydrogens is 222 g/mol. The summed E-state index contributed by atoms with van der Waals surface area (Å²) in [6, 6.07) is 0.303. The second kappa shape index (κ2) is 4.35. The summed E-state index contributed by atoms with van der Waals surface area (Å²) in [5, 5.41) is 9.18. The fraction of sp³-hybridized carbons (Fsp3) is 0.800. The predicted molar refractivity (Wildman–Crippen MR) is 63.6 cm³/mol. The smallest absolute Gasteiger partial charge is 0.186 e. The highest BCUT2D eigenvalue weighted by Crippen LogP contribution is 2.24. The van der Waals surface area contributed by atoms with E-state index in [0.717, 1.165) is 37.2 Å². The number of aromatic nitrogens is 3. The molecule has 0 spiro atoms. The van der Waals surface area contributed by atoms with E-state index in [9.17, 15) is 0 Å². The SMILES string of the molecule is CN1CCNC(c2nc3n(n2)CCCS3)C1.